The van der Waals surface area contributed by atoms with Gasteiger partial charge in [0.05, 0.1) is 0 Å². The lowest BCUT2D eigenvalue weighted by Gasteiger charge is -2.36. The van der Waals surface area contributed by atoms with Crippen LogP contribution in [0.1, 0.15) is 190 Å². The van der Waals surface area contributed by atoms with E-state index < -0.39 is 31.1 Å². The van der Waals surface area contributed by atoms with Crippen molar-refractivity contribution in [1.82, 2.24) is 0 Å². The van der Waals surface area contributed by atoms with Crippen LogP contribution in [0.4, 0.5) is 0 Å². The molecule has 4 heterocycles. The summed E-state index contributed by atoms with van der Waals surface area (Å²) < 4.78 is 17.1. The molecule has 0 saturated carbocycles. The summed E-state index contributed by atoms with van der Waals surface area (Å²) >= 11 is 3.29. The summed E-state index contributed by atoms with van der Waals surface area (Å²) in [6.07, 6.45) is 13.8. The molecule has 358 valence electrons. The Kier molecular flexibility index (Phi) is 22.3. The molecular weight excluding hydrogens is 877 g/mol. The van der Waals surface area contributed by atoms with Gasteiger partial charge in [-0.25, -0.2) is 9.59 Å². The maximum Gasteiger partial charge on any atom is 0.351 e. The summed E-state index contributed by atoms with van der Waals surface area (Å²) in [6.45, 7) is 23.6. The molecule has 0 bridgehead atoms. The van der Waals surface area contributed by atoms with Gasteiger partial charge in [-0.15, -0.1) is 22.7 Å². The van der Waals surface area contributed by atoms with E-state index in [0.29, 0.717) is 55.0 Å². The van der Waals surface area contributed by atoms with Crippen LogP contribution >= 0.6 is 22.7 Å². The number of carbonyl (C=O) groups excluding carboxylic acids is 2. The Labute approximate surface area is 395 Å². The van der Waals surface area contributed by atoms with Gasteiger partial charge in [0, 0.05) is 67.8 Å². The lowest BCUT2D eigenvalue weighted by molar-refractivity contribution is 0.101. The summed E-state index contributed by atoms with van der Waals surface area (Å²) in [5.74, 6) is -1.16. The summed E-state index contributed by atoms with van der Waals surface area (Å²) in [5, 5.41) is 30.1. The van der Waals surface area contributed by atoms with Gasteiger partial charge in [-0.05, 0) is 119 Å². The van der Waals surface area contributed by atoms with Crippen LogP contribution in [-0.2, 0) is 17.3 Å². The van der Waals surface area contributed by atoms with Crippen LogP contribution in [0.15, 0.2) is 66.0 Å². The van der Waals surface area contributed by atoms with E-state index in [2.05, 4.69) is 59.8 Å². The highest BCUT2D eigenvalue weighted by atomic mass is 32.1. The lowest BCUT2D eigenvalue weighted by atomic mass is 9.98. The number of carbonyl (C=O) groups is 2. The minimum atomic E-state index is -1.80. The highest BCUT2D eigenvalue weighted by molar-refractivity contribution is 7.13. The number of allylic oxidation sites excluding steroid dienone is 2. The maximum absolute atomic E-state index is 13.2. The van der Waals surface area contributed by atoms with E-state index in [1.165, 1.54) is 21.9 Å². The molecule has 0 aliphatic carbocycles. The standard InChI is InChI=1S/C29H44O5SSi.C23H30O5S/c1-9-11-14-22-15-16-23(35-22)18-21(10-2)27(31)26-24(30)19-25(34-28(26)32)20(3)13-12-17-33-36(7,8)29(4,5)6;1-4-6-9-17-10-11-18(29-17)13-16(5-2)22(26)21-19(25)14-20(28-23(21)27)15(3)8-7-12-24/h15-16,18-20,30H,9-14,17H2,1-8H3;10-11,13-15,24-25H,4-9,12H2,1-3H3. The summed E-state index contributed by atoms with van der Waals surface area (Å²) in [5.41, 5.74) is -1.28. The van der Waals surface area contributed by atoms with Crippen molar-refractivity contribution in [2.45, 2.75) is 169 Å². The second-order valence-electron chi connectivity index (χ2n) is 18.3. The normalized spacial score (nSPS) is 13.4. The number of ketones is 2. The Morgan fingerprint density at radius 2 is 1.12 bits per heavy atom. The zero-order valence-corrected chi connectivity index (χ0v) is 43.3. The van der Waals surface area contributed by atoms with Crippen LogP contribution in [0, 0.1) is 0 Å². The second-order valence-corrected chi connectivity index (χ2v) is 25.5. The third-order valence-corrected chi connectivity index (χ3v) is 18.8. The average molecular weight is 951 g/mol. The molecule has 0 amide bonds. The van der Waals surface area contributed by atoms with Gasteiger partial charge in [0.2, 0.25) is 0 Å². The van der Waals surface area contributed by atoms with E-state index >= 15 is 0 Å². The number of Topliss-reactive ketones (excluding diaryl/α,β-unsaturated/α-hetero) is 2. The number of aryl methyl sites for hydroxylation is 2. The molecule has 0 aliphatic heterocycles. The number of rotatable bonds is 24. The molecule has 10 nitrogen and oxygen atoms in total. The molecule has 0 spiro atoms. The minimum absolute atomic E-state index is 0.0463. The molecule has 0 fully saturated rings. The van der Waals surface area contributed by atoms with Gasteiger partial charge >= 0.3 is 11.3 Å². The fourth-order valence-corrected chi connectivity index (χ4v) is 9.89. The van der Waals surface area contributed by atoms with Crippen LogP contribution in [0.2, 0.25) is 18.1 Å². The predicted molar refractivity (Wildman–Crippen MR) is 270 cm³/mol. The van der Waals surface area contributed by atoms with Crippen molar-refractivity contribution in [3.8, 4) is 11.5 Å². The fourth-order valence-electron chi connectivity index (χ4n) is 6.75. The SMILES string of the molecule is CCCCc1ccc(C=C(CC)C(=O)c2c(O)cc(C(C)CCCO)oc2=O)s1.CCCCc1ccc(C=C(CC)C(=O)c2c(O)cc(C(C)CCCO[Si](C)(C)C(C)(C)C)oc2=O)s1. The second kappa shape index (κ2) is 26.3. The first-order valence-corrected chi connectivity index (χ1v) is 27.9. The third kappa shape index (κ3) is 16.3. The van der Waals surface area contributed by atoms with Crippen LogP contribution in [0.5, 0.6) is 11.5 Å². The lowest BCUT2D eigenvalue weighted by Crippen LogP contribution is -2.41. The van der Waals surface area contributed by atoms with Crippen molar-refractivity contribution in [2.75, 3.05) is 13.2 Å². The van der Waals surface area contributed by atoms with Gasteiger partial charge in [-0.1, -0.05) is 75.2 Å². The molecule has 4 aromatic rings. The minimum Gasteiger partial charge on any atom is -0.507 e. The van der Waals surface area contributed by atoms with Crippen LogP contribution in [0.3, 0.4) is 0 Å². The van der Waals surface area contributed by atoms with Gasteiger partial charge < -0.3 is 28.6 Å². The van der Waals surface area contributed by atoms with Gasteiger partial charge in [0.1, 0.15) is 34.1 Å². The van der Waals surface area contributed by atoms with E-state index in [-0.39, 0.29) is 46.1 Å². The predicted octanol–water partition coefficient (Wildman–Crippen LogP) is 13.6. The van der Waals surface area contributed by atoms with Crippen molar-refractivity contribution < 1.29 is 38.2 Å². The molecule has 13 heteroatoms. The number of thiophene rings is 2. The molecule has 0 radical (unpaired) electrons. The molecule has 2 atom stereocenters. The van der Waals surface area contributed by atoms with Crippen molar-refractivity contribution in [3.05, 3.63) is 111 Å². The van der Waals surface area contributed by atoms with Crippen LogP contribution in [0.25, 0.3) is 12.2 Å². The molecule has 4 aromatic heterocycles. The van der Waals surface area contributed by atoms with E-state index in [4.69, 9.17) is 18.4 Å². The summed E-state index contributed by atoms with van der Waals surface area (Å²) in [7, 11) is -1.80. The van der Waals surface area contributed by atoms with E-state index in [0.717, 1.165) is 61.1 Å². The smallest absolute Gasteiger partial charge is 0.351 e. The molecule has 3 N–H and O–H groups in total. The van der Waals surface area contributed by atoms with Gasteiger partial charge in [-0.2, -0.15) is 0 Å². The molecule has 65 heavy (non-hydrogen) atoms. The molecule has 0 aliphatic rings. The molecule has 0 saturated heterocycles. The van der Waals surface area contributed by atoms with Crippen molar-refractivity contribution in [2.24, 2.45) is 0 Å². The van der Waals surface area contributed by atoms with Crippen molar-refractivity contribution in [1.29, 1.82) is 0 Å². The number of aliphatic hydroxyl groups excluding tert-OH is 1. The largest absolute Gasteiger partial charge is 0.507 e. The Morgan fingerprint density at radius 1 is 0.708 bits per heavy atom. The van der Waals surface area contributed by atoms with Crippen molar-refractivity contribution in [3.63, 3.8) is 0 Å². The average Bonchev–Trinajstić information content (AvgIpc) is 3.91. The van der Waals surface area contributed by atoms with E-state index in [1.54, 1.807) is 28.7 Å². The Morgan fingerprint density at radius 3 is 1.48 bits per heavy atom. The maximum atomic E-state index is 13.2. The summed E-state index contributed by atoms with van der Waals surface area (Å²) in [4.78, 5) is 55.8. The summed E-state index contributed by atoms with van der Waals surface area (Å²) in [6, 6.07) is 10.9. The monoisotopic (exact) mass is 950 g/mol. The fraction of sp³-hybridized carbons (Fsp3) is 0.538. The quantitative estimate of drug-likeness (QED) is 0.0266. The van der Waals surface area contributed by atoms with Crippen molar-refractivity contribution >= 4 is 54.7 Å². The number of hydrogen-bond donors (Lipinski definition) is 3. The van der Waals surface area contributed by atoms with E-state index in [1.807, 2.05) is 45.9 Å². The first kappa shape index (κ1) is 55.2. The van der Waals surface area contributed by atoms with Gasteiger partial charge in [0.15, 0.2) is 19.9 Å². The Balaban J connectivity index is 0.000000353. The number of aromatic hydroxyl groups is 2. The Hall–Kier alpha value is -4.14. The van der Waals surface area contributed by atoms with E-state index in [9.17, 15) is 29.4 Å². The highest BCUT2D eigenvalue weighted by Gasteiger charge is 2.37. The van der Waals surface area contributed by atoms with Gasteiger partial charge in [-0.3, -0.25) is 9.59 Å². The zero-order valence-electron chi connectivity index (χ0n) is 40.7. The van der Waals surface area contributed by atoms with Crippen LogP contribution < -0.4 is 11.3 Å². The molecule has 0 aromatic carbocycles. The first-order valence-electron chi connectivity index (χ1n) is 23.4. The number of aliphatic hydroxyl groups is 1. The Bertz CT molecular complexity index is 2330. The topological polar surface area (TPSA) is 164 Å². The van der Waals surface area contributed by atoms with Crippen LogP contribution in [-0.4, -0.2) is 48.4 Å². The number of hydrogen-bond acceptors (Lipinski definition) is 12. The molecular formula is C52H74O10S2Si. The zero-order chi connectivity index (χ0) is 48.5. The molecule has 2 unspecified atom stereocenters. The first-order chi connectivity index (χ1) is 30.7. The highest BCUT2D eigenvalue weighted by Crippen LogP contribution is 2.37. The molecule has 4 rings (SSSR count). The number of unbranched alkanes of at least 4 members (excludes halogenated alkanes) is 2. The third-order valence-electron chi connectivity index (χ3n) is 12.1. The van der Waals surface area contributed by atoms with Gasteiger partial charge in [0.25, 0.3) is 0 Å².